The van der Waals surface area contributed by atoms with Crippen molar-refractivity contribution < 1.29 is 24.5 Å². The lowest BCUT2D eigenvalue weighted by Crippen LogP contribution is -2.45. The van der Waals surface area contributed by atoms with Gasteiger partial charge in [-0.2, -0.15) is 0 Å². The molecule has 87 heavy (non-hydrogen) atoms. The Hall–Kier alpha value is -1.66. The standard InChI is InChI=1S/C81H157NO5/c1-3-5-7-9-11-13-15-17-19-20-21-37-40-43-46-49-53-57-61-65-69-73-79(84)78(77-83)82-80(85)74-70-66-62-58-54-50-47-44-41-38-35-33-31-29-27-25-23-22-24-26-28-30-32-34-36-39-42-45-48-52-56-60-64-68-72-76-87-81(86)75-71-67-63-59-55-51-18-16-14-12-10-8-6-4-2/h24,26,30,32,78-79,83-84H,3-23,25,27-29,31,33-77H2,1-2H3,(H,82,85)/b26-24-,32-30-. The first-order valence-electron chi connectivity index (χ1n) is 40.1. The van der Waals surface area contributed by atoms with Crippen LogP contribution >= 0.6 is 0 Å². The van der Waals surface area contributed by atoms with Crippen LogP contribution in [0.15, 0.2) is 24.3 Å². The summed E-state index contributed by atoms with van der Waals surface area (Å²) in [4.78, 5) is 24.6. The van der Waals surface area contributed by atoms with Crippen LogP contribution in [0.3, 0.4) is 0 Å². The van der Waals surface area contributed by atoms with E-state index in [2.05, 4.69) is 43.5 Å². The highest BCUT2D eigenvalue weighted by molar-refractivity contribution is 5.76. The topological polar surface area (TPSA) is 95.9 Å². The minimum Gasteiger partial charge on any atom is -0.466 e. The maximum atomic E-state index is 12.6. The first-order chi connectivity index (χ1) is 43.0. The van der Waals surface area contributed by atoms with Crippen LogP contribution in [0.4, 0.5) is 0 Å². The van der Waals surface area contributed by atoms with Gasteiger partial charge in [-0.3, -0.25) is 9.59 Å². The van der Waals surface area contributed by atoms with Gasteiger partial charge >= 0.3 is 5.97 Å². The van der Waals surface area contributed by atoms with Gasteiger partial charge in [0.05, 0.1) is 25.4 Å². The van der Waals surface area contributed by atoms with Gasteiger partial charge in [-0.15, -0.1) is 0 Å². The second kappa shape index (κ2) is 76.8. The van der Waals surface area contributed by atoms with E-state index in [1.165, 1.54) is 379 Å². The van der Waals surface area contributed by atoms with Gasteiger partial charge in [0.1, 0.15) is 0 Å². The van der Waals surface area contributed by atoms with Gasteiger partial charge in [0, 0.05) is 12.8 Å². The van der Waals surface area contributed by atoms with Crippen molar-refractivity contribution in [2.24, 2.45) is 0 Å². The average Bonchev–Trinajstić information content (AvgIpc) is 3.53. The van der Waals surface area contributed by atoms with E-state index in [1.54, 1.807) is 0 Å². The summed E-state index contributed by atoms with van der Waals surface area (Å²) in [6, 6.07) is -0.541. The van der Waals surface area contributed by atoms with Crippen molar-refractivity contribution in [2.75, 3.05) is 13.2 Å². The molecule has 0 aliphatic heterocycles. The summed E-state index contributed by atoms with van der Waals surface area (Å²) in [6.07, 6.45) is 98.5. The molecule has 0 heterocycles. The highest BCUT2D eigenvalue weighted by Gasteiger charge is 2.20. The van der Waals surface area contributed by atoms with Crippen molar-refractivity contribution in [1.82, 2.24) is 5.32 Å². The van der Waals surface area contributed by atoms with E-state index >= 15 is 0 Å². The molecule has 0 radical (unpaired) electrons. The quantitative estimate of drug-likeness (QED) is 0.0320. The van der Waals surface area contributed by atoms with Crippen LogP contribution in [0.5, 0.6) is 0 Å². The highest BCUT2D eigenvalue weighted by atomic mass is 16.5. The van der Waals surface area contributed by atoms with Crippen molar-refractivity contribution in [1.29, 1.82) is 0 Å². The number of ether oxygens (including phenoxy) is 1. The molecule has 0 saturated carbocycles. The van der Waals surface area contributed by atoms with Crippen LogP contribution in [0.1, 0.15) is 457 Å². The second-order valence-corrected chi connectivity index (χ2v) is 27.8. The van der Waals surface area contributed by atoms with Gasteiger partial charge in [-0.05, 0) is 57.8 Å². The van der Waals surface area contributed by atoms with Crippen LogP contribution in [-0.4, -0.2) is 47.4 Å². The van der Waals surface area contributed by atoms with Crippen molar-refractivity contribution in [2.45, 2.75) is 469 Å². The summed E-state index contributed by atoms with van der Waals surface area (Å²) >= 11 is 0. The zero-order chi connectivity index (χ0) is 62.8. The fourth-order valence-electron chi connectivity index (χ4n) is 12.9. The largest absolute Gasteiger partial charge is 0.466 e. The number of unbranched alkanes of at least 4 members (excludes halogenated alkanes) is 61. The Labute approximate surface area is 545 Å². The molecule has 0 saturated heterocycles. The molecule has 3 N–H and O–H groups in total. The fourth-order valence-corrected chi connectivity index (χ4v) is 12.9. The summed E-state index contributed by atoms with van der Waals surface area (Å²) in [5, 5.41) is 23.5. The van der Waals surface area contributed by atoms with Gasteiger partial charge in [0.15, 0.2) is 0 Å². The molecule has 0 aliphatic rings. The molecular formula is C81H157NO5. The molecule has 516 valence electrons. The normalized spacial score (nSPS) is 12.6. The zero-order valence-electron chi connectivity index (χ0n) is 59.3. The molecule has 0 fully saturated rings. The lowest BCUT2D eigenvalue weighted by molar-refractivity contribution is -0.143. The van der Waals surface area contributed by atoms with Crippen LogP contribution in [0.25, 0.3) is 0 Å². The number of hydrogen-bond donors (Lipinski definition) is 3. The molecule has 0 aromatic heterocycles. The fraction of sp³-hybridized carbons (Fsp3) is 0.926. The number of rotatable bonds is 76. The van der Waals surface area contributed by atoms with Gasteiger partial charge < -0.3 is 20.3 Å². The molecule has 6 nitrogen and oxygen atoms in total. The van der Waals surface area contributed by atoms with Gasteiger partial charge in [-0.25, -0.2) is 0 Å². The van der Waals surface area contributed by atoms with Crippen molar-refractivity contribution in [3.63, 3.8) is 0 Å². The van der Waals surface area contributed by atoms with E-state index in [-0.39, 0.29) is 18.5 Å². The zero-order valence-corrected chi connectivity index (χ0v) is 59.3. The van der Waals surface area contributed by atoms with E-state index in [0.717, 1.165) is 44.9 Å². The Morgan fingerprint density at radius 1 is 0.322 bits per heavy atom. The Morgan fingerprint density at radius 2 is 0.575 bits per heavy atom. The maximum Gasteiger partial charge on any atom is 0.305 e. The van der Waals surface area contributed by atoms with E-state index in [0.29, 0.717) is 25.9 Å². The lowest BCUT2D eigenvalue weighted by Gasteiger charge is -2.22. The minimum atomic E-state index is -0.664. The number of carbonyl (C=O) groups is 2. The van der Waals surface area contributed by atoms with E-state index in [4.69, 9.17) is 4.74 Å². The Morgan fingerprint density at radius 3 is 0.874 bits per heavy atom. The van der Waals surface area contributed by atoms with Crippen molar-refractivity contribution in [3.8, 4) is 0 Å². The molecule has 0 spiro atoms. The molecule has 0 aromatic carbocycles. The van der Waals surface area contributed by atoms with E-state index in [9.17, 15) is 19.8 Å². The average molecular weight is 1230 g/mol. The molecular weight excluding hydrogens is 1070 g/mol. The third kappa shape index (κ3) is 73.3. The van der Waals surface area contributed by atoms with Gasteiger partial charge in [-0.1, -0.05) is 411 Å². The predicted molar refractivity (Wildman–Crippen MR) is 384 cm³/mol. The van der Waals surface area contributed by atoms with E-state index < -0.39 is 12.1 Å². The van der Waals surface area contributed by atoms with E-state index in [1.807, 2.05) is 0 Å². The Balaban J connectivity index is 3.36. The third-order valence-corrected chi connectivity index (χ3v) is 19.0. The summed E-state index contributed by atoms with van der Waals surface area (Å²) in [5.74, 6) is -0.00724. The van der Waals surface area contributed by atoms with Crippen LogP contribution in [0.2, 0.25) is 0 Å². The molecule has 0 aromatic rings. The molecule has 0 rings (SSSR count). The second-order valence-electron chi connectivity index (χ2n) is 27.8. The molecule has 2 atom stereocenters. The number of amides is 1. The maximum absolute atomic E-state index is 12.6. The number of aliphatic hydroxyl groups is 2. The summed E-state index contributed by atoms with van der Waals surface area (Å²) in [5.41, 5.74) is 0. The number of carbonyl (C=O) groups excluding carboxylic acids is 2. The number of esters is 1. The minimum absolute atomic E-state index is 0.0200. The molecule has 2 unspecified atom stereocenters. The first-order valence-corrected chi connectivity index (χ1v) is 40.1. The van der Waals surface area contributed by atoms with Crippen LogP contribution in [0, 0.1) is 0 Å². The van der Waals surface area contributed by atoms with Crippen molar-refractivity contribution >= 4 is 11.9 Å². The monoisotopic (exact) mass is 1220 g/mol. The number of aliphatic hydroxyl groups excluding tert-OH is 2. The predicted octanol–water partition coefficient (Wildman–Crippen LogP) is 26.4. The van der Waals surface area contributed by atoms with Crippen LogP contribution in [-0.2, 0) is 14.3 Å². The summed E-state index contributed by atoms with van der Waals surface area (Å²) in [7, 11) is 0. The number of hydrogen-bond acceptors (Lipinski definition) is 5. The SMILES string of the molecule is CCCCCCCCCCCCCCCCCCCCCCCC(O)C(CO)NC(=O)CCCCCCCCCCCCCCCCCCC/C=C\C/C=C\CCCCCCCCCCCCCOC(=O)CCCCCCCCCCCCCCCC. The Kier molecular flexibility index (Phi) is 75.3. The van der Waals surface area contributed by atoms with Gasteiger partial charge in [0.2, 0.25) is 5.91 Å². The number of allylic oxidation sites excluding steroid dienone is 4. The smallest absolute Gasteiger partial charge is 0.305 e. The molecule has 1 amide bonds. The van der Waals surface area contributed by atoms with Crippen LogP contribution < -0.4 is 5.32 Å². The molecule has 6 heteroatoms. The Bertz CT molecular complexity index is 1360. The molecule has 0 bridgehead atoms. The number of nitrogens with one attached hydrogen (secondary N) is 1. The van der Waals surface area contributed by atoms with Gasteiger partial charge in [0.25, 0.3) is 0 Å². The third-order valence-electron chi connectivity index (χ3n) is 19.0. The summed E-state index contributed by atoms with van der Waals surface area (Å²) in [6.45, 7) is 5.01. The summed E-state index contributed by atoms with van der Waals surface area (Å²) < 4.78 is 5.50. The highest BCUT2D eigenvalue weighted by Crippen LogP contribution is 2.20. The van der Waals surface area contributed by atoms with Crippen molar-refractivity contribution in [3.05, 3.63) is 24.3 Å². The first kappa shape index (κ1) is 85.3. The lowest BCUT2D eigenvalue weighted by atomic mass is 10.0. The molecule has 0 aliphatic carbocycles.